The second kappa shape index (κ2) is 12.1. The highest BCUT2D eigenvalue weighted by molar-refractivity contribution is 6.33. The van der Waals surface area contributed by atoms with Gasteiger partial charge < -0.3 is 31.5 Å². The van der Waals surface area contributed by atoms with E-state index < -0.39 is 11.6 Å². The molecule has 10 nitrogen and oxygen atoms in total. The van der Waals surface area contributed by atoms with Crippen molar-refractivity contribution < 1.29 is 29.4 Å². The Morgan fingerprint density at radius 2 is 1.38 bits per heavy atom. The molecule has 0 spiro atoms. The van der Waals surface area contributed by atoms with Gasteiger partial charge in [0.15, 0.2) is 0 Å². The average molecular weight is 549 g/mol. The van der Waals surface area contributed by atoms with Gasteiger partial charge in [-0.2, -0.15) is 0 Å². The Hall–Kier alpha value is -3.92. The number of nitrogens with one attached hydrogen (secondary N) is 4. The van der Waals surface area contributed by atoms with Gasteiger partial charge in [-0.25, -0.2) is 0 Å². The van der Waals surface area contributed by atoms with Crippen molar-refractivity contribution in [2.45, 2.75) is 57.4 Å². The van der Waals surface area contributed by atoms with Crippen LogP contribution in [0.2, 0.25) is 0 Å². The van der Waals surface area contributed by atoms with Crippen LogP contribution in [-0.2, 0) is 9.59 Å². The number of rotatable bonds is 11. The molecule has 5 rings (SSSR count). The highest BCUT2D eigenvalue weighted by Crippen LogP contribution is 2.42. The second-order valence-corrected chi connectivity index (χ2v) is 10.8. The van der Waals surface area contributed by atoms with E-state index in [4.69, 9.17) is 0 Å². The Morgan fingerprint density at radius 1 is 0.775 bits per heavy atom. The van der Waals surface area contributed by atoms with Crippen LogP contribution in [0.5, 0.6) is 11.5 Å². The number of phenolic OH excluding ortho intramolecular Hbond substituents is 2. The number of aromatic hydroxyl groups is 2. The van der Waals surface area contributed by atoms with Crippen molar-refractivity contribution in [3.8, 4) is 11.5 Å². The van der Waals surface area contributed by atoms with Crippen LogP contribution in [-0.4, -0.2) is 65.7 Å². The molecule has 1 heterocycles. The molecule has 6 N–H and O–H groups in total. The lowest BCUT2D eigenvalue weighted by Gasteiger charge is -2.24. The van der Waals surface area contributed by atoms with Crippen LogP contribution in [0.1, 0.15) is 83.2 Å². The molecular formula is C30H36N4O6. The van der Waals surface area contributed by atoms with E-state index >= 15 is 0 Å². The molecule has 2 aromatic carbocycles. The van der Waals surface area contributed by atoms with E-state index in [0.29, 0.717) is 43.9 Å². The first kappa shape index (κ1) is 27.6. The number of ketones is 3. The summed E-state index contributed by atoms with van der Waals surface area (Å²) in [6.07, 6.45) is 6.70. The SMILES string of the molecule is O=C1c2c(O)ccc(NCCNC(=O)C3CCCC3)c2C(=O)c2c(O)ccc(NCCCC(=O)C3CCCN3)c21. The van der Waals surface area contributed by atoms with Crippen molar-refractivity contribution in [3.63, 3.8) is 0 Å². The number of amides is 1. The molecule has 0 bridgehead atoms. The fraction of sp³-hybridized carbons (Fsp3) is 0.467. The zero-order valence-electron chi connectivity index (χ0n) is 22.5. The van der Waals surface area contributed by atoms with E-state index in [1.165, 1.54) is 24.3 Å². The number of hydrogen-bond donors (Lipinski definition) is 6. The van der Waals surface area contributed by atoms with Crippen LogP contribution in [0.3, 0.4) is 0 Å². The van der Waals surface area contributed by atoms with Gasteiger partial charge in [-0.05, 0) is 62.9 Å². The number of carbonyl (C=O) groups excluding carboxylic acids is 4. The molecule has 2 aliphatic carbocycles. The van der Waals surface area contributed by atoms with Crippen molar-refractivity contribution in [1.29, 1.82) is 0 Å². The zero-order valence-corrected chi connectivity index (χ0v) is 22.5. The quantitative estimate of drug-likeness (QED) is 0.156. The van der Waals surface area contributed by atoms with Gasteiger partial charge in [0.25, 0.3) is 0 Å². The third kappa shape index (κ3) is 5.54. The summed E-state index contributed by atoms with van der Waals surface area (Å²) in [5, 5.41) is 33.6. The second-order valence-electron chi connectivity index (χ2n) is 10.8. The lowest BCUT2D eigenvalue weighted by atomic mass is 9.81. The molecule has 1 atom stereocenters. The molecule has 1 aliphatic heterocycles. The summed E-state index contributed by atoms with van der Waals surface area (Å²) in [6, 6.07) is 5.66. The number of Topliss-reactive ketones (excluding diaryl/α,β-unsaturated/α-hetero) is 1. The Morgan fingerprint density at radius 3 is 1.95 bits per heavy atom. The van der Waals surface area contributed by atoms with Crippen molar-refractivity contribution >= 4 is 34.6 Å². The molecule has 1 unspecified atom stereocenters. The third-order valence-electron chi connectivity index (χ3n) is 8.10. The maximum atomic E-state index is 13.7. The molecule has 1 saturated carbocycles. The number of phenols is 2. The van der Waals surface area contributed by atoms with E-state index in [0.717, 1.165) is 45.1 Å². The average Bonchev–Trinajstić information content (AvgIpc) is 3.68. The smallest absolute Gasteiger partial charge is 0.223 e. The van der Waals surface area contributed by atoms with Crippen LogP contribution in [0, 0.1) is 5.92 Å². The first-order valence-electron chi connectivity index (χ1n) is 14.2. The van der Waals surface area contributed by atoms with Crippen LogP contribution in [0.4, 0.5) is 11.4 Å². The fourth-order valence-electron chi connectivity index (χ4n) is 5.99. The van der Waals surface area contributed by atoms with Crippen molar-refractivity contribution in [2.75, 3.05) is 36.8 Å². The standard InChI is InChI=1S/C30H36N4O6/c35-21(18-7-3-13-31-18)8-4-14-32-19-9-11-22(36)26-24(19)28(38)27-23(37)12-10-20(25(27)29(26)39)33-15-16-34-30(40)17-5-1-2-6-17/h9-12,17-18,31-33,36-37H,1-8,13-16H2,(H,34,40). The van der Waals surface area contributed by atoms with Crippen molar-refractivity contribution in [3.05, 3.63) is 46.5 Å². The minimum absolute atomic E-state index is 0.00226. The predicted molar refractivity (Wildman–Crippen MR) is 150 cm³/mol. The van der Waals surface area contributed by atoms with Crippen LogP contribution in [0.25, 0.3) is 0 Å². The number of hydrogen-bond acceptors (Lipinski definition) is 9. The Bertz CT molecular complexity index is 1230. The van der Waals surface area contributed by atoms with Gasteiger partial charge in [0.2, 0.25) is 17.5 Å². The summed E-state index contributed by atoms with van der Waals surface area (Å²) in [7, 11) is 0. The Balaban J connectivity index is 1.29. The maximum absolute atomic E-state index is 13.7. The first-order chi connectivity index (χ1) is 19.4. The monoisotopic (exact) mass is 548 g/mol. The lowest BCUT2D eigenvalue weighted by Crippen LogP contribution is -2.33. The topological polar surface area (TPSA) is 157 Å². The Kier molecular flexibility index (Phi) is 8.35. The number of benzene rings is 2. The minimum atomic E-state index is -0.582. The highest BCUT2D eigenvalue weighted by Gasteiger charge is 2.38. The molecule has 10 heteroatoms. The van der Waals surface area contributed by atoms with Crippen molar-refractivity contribution in [1.82, 2.24) is 10.6 Å². The van der Waals surface area contributed by atoms with Gasteiger partial charge in [-0.1, -0.05) is 12.8 Å². The molecule has 0 radical (unpaired) electrons. The molecule has 1 saturated heterocycles. The number of carbonyl (C=O) groups is 4. The molecular weight excluding hydrogens is 512 g/mol. The van der Waals surface area contributed by atoms with E-state index in [-0.39, 0.29) is 57.4 Å². The summed E-state index contributed by atoms with van der Waals surface area (Å²) >= 11 is 0. The summed E-state index contributed by atoms with van der Waals surface area (Å²) < 4.78 is 0. The van der Waals surface area contributed by atoms with Gasteiger partial charge in [-0.3, -0.25) is 19.2 Å². The number of fused-ring (bicyclic) bond motifs is 2. The molecule has 2 fully saturated rings. The fourth-order valence-corrected chi connectivity index (χ4v) is 5.99. The zero-order chi connectivity index (χ0) is 28.2. The molecule has 0 aromatic heterocycles. The van der Waals surface area contributed by atoms with E-state index in [2.05, 4.69) is 21.3 Å². The van der Waals surface area contributed by atoms with Gasteiger partial charge in [0, 0.05) is 43.3 Å². The van der Waals surface area contributed by atoms with E-state index in [1.54, 1.807) is 0 Å². The van der Waals surface area contributed by atoms with Crippen LogP contribution < -0.4 is 21.3 Å². The largest absolute Gasteiger partial charge is 0.507 e. The van der Waals surface area contributed by atoms with Gasteiger partial charge >= 0.3 is 0 Å². The predicted octanol–water partition coefficient (Wildman–Crippen LogP) is 3.10. The normalized spacial score (nSPS) is 18.4. The minimum Gasteiger partial charge on any atom is -0.507 e. The third-order valence-corrected chi connectivity index (χ3v) is 8.10. The molecule has 212 valence electrons. The van der Waals surface area contributed by atoms with Gasteiger partial charge in [-0.15, -0.1) is 0 Å². The van der Waals surface area contributed by atoms with Gasteiger partial charge in [0.1, 0.15) is 17.3 Å². The van der Waals surface area contributed by atoms with Crippen LogP contribution in [0.15, 0.2) is 24.3 Å². The lowest BCUT2D eigenvalue weighted by molar-refractivity contribution is -0.124. The molecule has 2 aromatic rings. The molecule has 40 heavy (non-hydrogen) atoms. The number of anilines is 2. The van der Waals surface area contributed by atoms with Crippen molar-refractivity contribution in [2.24, 2.45) is 5.92 Å². The summed E-state index contributed by atoms with van der Waals surface area (Å²) in [6.45, 7) is 1.89. The maximum Gasteiger partial charge on any atom is 0.223 e. The summed E-state index contributed by atoms with van der Waals surface area (Å²) in [5.41, 5.74) is 0.421. The summed E-state index contributed by atoms with van der Waals surface area (Å²) in [4.78, 5) is 52.0. The van der Waals surface area contributed by atoms with E-state index in [9.17, 15) is 29.4 Å². The molecule has 3 aliphatic rings. The summed E-state index contributed by atoms with van der Waals surface area (Å²) in [5.74, 6) is -1.58. The first-order valence-corrected chi connectivity index (χ1v) is 14.2. The highest BCUT2D eigenvalue weighted by atomic mass is 16.3. The Labute approximate surface area is 232 Å². The molecule has 1 amide bonds. The van der Waals surface area contributed by atoms with E-state index in [1.807, 2.05) is 0 Å². The van der Waals surface area contributed by atoms with Crippen LogP contribution >= 0.6 is 0 Å². The van der Waals surface area contributed by atoms with Gasteiger partial charge in [0.05, 0.1) is 28.3 Å².